The summed E-state index contributed by atoms with van der Waals surface area (Å²) in [5.41, 5.74) is 4.53. The van der Waals surface area contributed by atoms with Crippen LogP contribution in [0, 0.1) is 0 Å². The van der Waals surface area contributed by atoms with Gasteiger partial charge in [0.1, 0.15) is 17.2 Å². The predicted molar refractivity (Wildman–Crippen MR) is 156 cm³/mol. The number of benzene rings is 4. The molecule has 8 heteroatoms. The van der Waals surface area contributed by atoms with E-state index < -0.39 is 12.2 Å². The molecule has 0 spiro atoms. The molecular weight excluding hydrogens is 624 g/mol. The number of carbonyl (C=O) groups is 1. The van der Waals surface area contributed by atoms with Crippen molar-refractivity contribution in [2.45, 2.75) is 25.6 Å². The number of hydrogen-bond donors (Lipinski definition) is 0. The van der Waals surface area contributed by atoms with Crippen molar-refractivity contribution in [1.82, 2.24) is 5.01 Å². The summed E-state index contributed by atoms with van der Waals surface area (Å²) in [6.45, 7) is 2.60. The minimum absolute atomic E-state index is 0.0210. The van der Waals surface area contributed by atoms with E-state index >= 15 is 0 Å². The summed E-state index contributed by atoms with van der Waals surface area (Å²) in [5.74, 6) is 1.73. The van der Waals surface area contributed by atoms with E-state index in [1.165, 1.54) is 0 Å². The highest BCUT2D eigenvalue weighted by Crippen LogP contribution is 2.48. The summed E-state index contributed by atoms with van der Waals surface area (Å²) >= 11 is 6.99. The number of esters is 1. The van der Waals surface area contributed by atoms with Crippen molar-refractivity contribution in [2.75, 3.05) is 6.61 Å². The van der Waals surface area contributed by atoms with E-state index in [9.17, 15) is 4.79 Å². The first kappa shape index (κ1) is 25.6. The highest BCUT2D eigenvalue weighted by molar-refractivity contribution is 9.10. The Kier molecular flexibility index (Phi) is 7.14. The Morgan fingerprint density at radius 1 is 0.923 bits per heavy atom. The zero-order chi connectivity index (χ0) is 26.9. The van der Waals surface area contributed by atoms with E-state index in [1.54, 1.807) is 24.3 Å². The summed E-state index contributed by atoms with van der Waals surface area (Å²) in [6.07, 6.45) is 0.320. The lowest BCUT2D eigenvalue weighted by Gasteiger charge is -2.38. The number of fused-ring (bicyclic) bond motifs is 3. The first-order valence-corrected chi connectivity index (χ1v) is 14.2. The van der Waals surface area contributed by atoms with Crippen LogP contribution >= 0.6 is 31.9 Å². The minimum Gasteiger partial charge on any atom is -0.494 e. The molecule has 2 heterocycles. The van der Waals surface area contributed by atoms with Gasteiger partial charge >= 0.3 is 5.97 Å². The number of ether oxygens (including phenoxy) is 3. The van der Waals surface area contributed by atoms with Crippen LogP contribution in [-0.4, -0.2) is 23.3 Å². The van der Waals surface area contributed by atoms with Crippen LogP contribution in [0.3, 0.4) is 0 Å². The fourth-order valence-electron chi connectivity index (χ4n) is 4.82. The van der Waals surface area contributed by atoms with Crippen LogP contribution in [0.4, 0.5) is 0 Å². The monoisotopic (exact) mass is 646 g/mol. The molecule has 0 aliphatic carbocycles. The lowest BCUT2D eigenvalue weighted by Crippen LogP contribution is -2.33. The third kappa shape index (κ3) is 5.31. The molecule has 0 fully saturated rings. The van der Waals surface area contributed by atoms with Crippen molar-refractivity contribution in [3.05, 3.63) is 122 Å². The Labute approximate surface area is 243 Å². The van der Waals surface area contributed by atoms with Crippen LogP contribution < -0.4 is 14.2 Å². The molecule has 2 aliphatic heterocycles. The average molecular weight is 648 g/mol. The summed E-state index contributed by atoms with van der Waals surface area (Å²) in [4.78, 5) is 12.6. The highest BCUT2D eigenvalue weighted by Gasteiger charge is 2.41. The summed E-state index contributed by atoms with van der Waals surface area (Å²) in [7, 11) is 0. The zero-order valence-corrected chi connectivity index (χ0v) is 24.2. The second-order valence-corrected chi connectivity index (χ2v) is 11.1. The second kappa shape index (κ2) is 10.9. The molecule has 6 nitrogen and oxygen atoms in total. The van der Waals surface area contributed by atoms with Gasteiger partial charge < -0.3 is 14.2 Å². The molecule has 4 aromatic carbocycles. The molecule has 0 saturated heterocycles. The molecule has 0 amide bonds. The lowest BCUT2D eigenvalue weighted by atomic mass is 9.96. The molecule has 0 saturated carbocycles. The Morgan fingerprint density at radius 2 is 1.62 bits per heavy atom. The highest BCUT2D eigenvalue weighted by atomic mass is 79.9. The van der Waals surface area contributed by atoms with E-state index in [4.69, 9.17) is 19.3 Å². The lowest BCUT2D eigenvalue weighted by molar-refractivity contribution is -0.0190. The Morgan fingerprint density at radius 3 is 2.33 bits per heavy atom. The van der Waals surface area contributed by atoms with Gasteiger partial charge in [-0.25, -0.2) is 9.80 Å². The summed E-state index contributed by atoms with van der Waals surface area (Å²) in [6, 6.07) is 28.6. The number of hydrazone groups is 1. The second-order valence-electron chi connectivity index (χ2n) is 9.22. The number of hydrogen-bond acceptors (Lipinski definition) is 6. The van der Waals surface area contributed by atoms with E-state index in [0.29, 0.717) is 17.9 Å². The Balaban J connectivity index is 1.28. The van der Waals surface area contributed by atoms with Crippen molar-refractivity contribution in [3.63, 3.8) is 0 Å². The van der Waals surface area contributed by atoms with Crippen LogP contribution in [0.2, 0.25) is 0 Å². The number of halogens is 2. The van der Waals surface area contributed by atoms with E-state index in [2.05, 4.69) is 50.1 Å². The summed E-state index contributed by atoms with van der Waals surface area (Å²) < 4.78 is 19.6. The van der Waals surface area contributed by atoms with Gasteiger partial charge in [0.05, 0.1) is 23.9 Å². The molecule has 196 valence electrons. The van der Waals surface area contributed by atoms with Crippen LogP contribution in [-0.2, 0) is 0 Å². The maximum absolute atomic E-state index is 12.6. The molecule has 2 aliphatic rings. The fraction of sp³-hybridized carbons (Fsp3) is 0.161. The van der Waals surface area contributed by atoms with Gasteiger partial charge in [0, 0.05) is 26.5 Å². The topological polar surface area (TPSA) is 60.4 Å². The molecular formula is C31H24Br2N2O4. The molecule has 0 aromatic heterocycles. The van der Waals surface area contributed by atoms with E-state index in [0.717, 1.165) is 49.3 Å². The molecule has 39 heavy (non-hydrogen) atoms. The van der Waals surface area contributed by atoms with Crippen molar-refractivity contribution < 1.29 is 19.0 Å². The van der Waals surface area contributed by atoms with Gasteiger partial charge in [-0.15, -0.1) is 0 Å². The van der Waals surface area contributed by atoms with Gasteiger partial charge in [-0.1, -0.05) is 31.9 Å². The number of carbonyl (C=O) groups excluding carboxylic acids is 1. The van der Waals surface area contributed by atoms with Gasteiger partial charge in [-0.3, -0.25) is 0 Å². The summed E-state index contributed by atoms with van der Waals surface area (Å²) in [5, 5.41) is 7.07. The number of rotatable bonds is 6. The fourth-order valence-corrected chi connectivity index (χ4v) is 5.46. The van der Waals surface area contributed by atoms with Crippen molar-refractivity contribution in [3.8, 4) is 17.2 Å². The molecule has 0 unspecified atom stereocenters. The van der Waals surface area contributed by atoms with Crippen molar-refractivity contribution in [1.29, 1.82) is 0 Å². The smallest absolute Gasteiger partial charge is 0.343 e. The van der Waals surface area contributed by atoms with Crippen LogP contribution in [0.25, 0.3) is 0 Å². The Bertz CT molecular complexity index is 1540. The minimum atomic E-state index is -0.430. The van der Waals surface area contributed by atoms with Gasteiger partial charge in [0.2, 0.25) is 6.23 Å². The van der Waals surface area contributed by atoms with Gasteiger partial charge in [0.15, 0.2) is 0 Å². The largest absolute Gasteiger partial charge is 0.494 e. The van der Waals surface area contributed by atoms with E-state index in [1.807, 2.05) is 60.5 Å². The van der Waals surface area contributed by atoms with Crippen LogP contribution in [0.15, 0.2) is 105 Å². The molecule has 2 atom stereocenters. The average Bonchev–Trinajstić information content (AvgIpc) is 3.40. The van der Waals surface area contributed by atoms with Gasteiger partial charge in [-0.05, 0) is 103 Å². The van der Waals surface area contributed by atoms with Gasteiger partial charge in [0.25, 0.3) is 0 Å². The van der Waals surface area contributed by atoms with E-state index in [-0.39, 0.29) is 6.04 Å². The molecule has 0 bridgehead atoms. The molecule has 0 radical (unpaired) electrons. The SMILES string of the molecule is CCOc1ccc(C2=NN3[C@@H](c4ccc(OC(=O)c5ccc(Br)cc5)cc4)Oc4ccc(Br)cc4[C@@H]3C2)cc1. The zero-order valence-electron chi connectivity index (χ0n) is 21.0. The third-order valence-electron chi connectivity index (χ3n) is 6.71. The number of nitrogens with zero attached hydrogens (tertiary/aromatic N) is 2. The maximum Gasteiger partial charge on any atom is 0.343 e. The third-order valence-corrected chi connectivity index (χ3v) is 7.73. The van der Waals surface area contributed by atoms with Crippen LogP contribution in [0.1, 0.15) is 52.7 Å². The molecule has 4 aromatic rings. The molecule has 6 rings (SSSR count). The van der Waals surface area contributed by atoms with Gasteiger partial charge in [-0.2, -0.15) is 5.10 Å². The van der Waals surface area contributed by atoms with Crippen molar-refractivity contribution in [2.24, 2.45) is 5.10 Å². The Hall–Kier alpha value is -3.62. The van der Waals surface area contributed by atoms with Crippen LogP contribution in [0.5, 0.6) is 17.2 Å². The van der Waals surface area contributed by atoms with Crippen molar-refractivity contribution >= 4 is 43.5 Å². The molecule has 0 N–H and O–H groups in total. The first-order chi connectivity index (χ1) is 19.0. The quantitative estimate of drug-likeness (QED) is 0.156. The predicted octanol–water partition coefficient (Wildman–Crippen LogP) is 8.07. The maximum atomic E-state index is 12.6. The first-order valence-electron chi connectivity index (χ1n) is 12.6. The standard InChI is InChI=1S/C31H24Br2N2O4/c1-2-37-24-12-5-19(6-13-24)27-18-28-26-17-23(33)11-16-29(26)39-30(35(28)34-27)20-7-14-25(15-8-20)38-31(36)21-3-9-22(32)10-4-21/h3-17,28,30H,2,18H2,1H3/t28-,30+/m0/s1. The normalized spacial score (nSPS) is 17.5.